The van der Waals surface area contributed by atoms with Crippen molar-refractivity contribution >= 4 is 17.6 Å². The van der Waals surface area contributed by atoms with Gasteiger partial charge in [0.25, 0.3) is 0 Å². The highest BCUT2D eigenvalue weighted by atomic mass is 16.2. The van der Waals surface area contributed by atoms with E-state index in [0.29, 0.717) is 18.4 Å². The molecule has 0 spiro atoms. The minimum absolute atomic E-state index is 0.171. The topological polar surface area (TPSA) is 69.6 Å². The maximum Gasteiger partial charge on any atom is 0.232 e. The highest BCUT2D eigenvalue weighted by Gasteiger charge is 2.83. The molecule has 8 bridgehead atoms. The van der Waals surface area contributed by atoms with E-state index in [2.05, 4.69) is 19.8 Å². The molecule has 8 aliphatic rings. The van der Waals surface area contributed by atoms with Gasteiger partial charge in [0.2, 0.25) is 11.8 Å². The van der Waals surface area contributed by atoms with E-state index in [1.54, 1.807) is 17.3 Å². The van der Waals surface area contributed by atoms with E-state index < -0.39 is 0 Å². The molecule has 2 aliphatic heterocycles. The Kier molecular flexibility index (Phi) is 3.96. The van der Waals surface area contributed by atoms with Crippen molar-refractivity contribution in [3.63, 3.8) is 0 Å². The van der Waals surface area contributed by atoms with Gasteiger partial charge in [0.1, 0.15) is 5.82 Å². The lowest BCUT2D eigenvalue weighted by atomic mass is 9.76. The van der Waals surface area contributed by atoms with Gasteiger partial charge in [0.05, 0.1) is 6.20 Å². The molecule has 1 aromatic heterocycles. The zero-order valence-electron chi connectivity index (χ0n) is 19.1. The average Bonchev–Trinajstić information content (AvgIpc) is 3.30. The number of aromatic nitrogens is 2. The fraction of sp³-hybridized carbons (Fsp3) is 0.769. The van der Waals surface area contributed by atoms with Crippen LogP contribution in [0.25, 0.3) is 0 Å². The van der Waals surface area contributed by atoms with Crippen molar-refractivity contribution in [2.45, 2.75) is 25.7 Å². The summed E-state index contributed by atoms with van der Waals surface area (Å²) < 4.78 is 0. The Balaban J connectivity index is 0.855. The molecule has 2 amide bonds. The molecular formula is C26H33N5O2. The van der Waals surface area contributed by atoms with Gasteiger partial charge >= 0.3 is 0 Å². The smallest absolute Gasteiger partial charge is 0.232 e. The predicted molar refractivity (Wildman–Crippen MR) is 121 cm³/mol. The van der Waals surface area contributed by atoms with Crippen LogP contribution in [0.1, 0.15) is 25.7 Å². The maximum atomic E-state index is 13.4. The van der Waals surface area contributed by atoms with E-state index >= 15 is 0 Å². The number of piperazine rings is 1. The number of carbonyl (C=O) groups is 2. The van der Waals surface area contributed by atoms with E-state index in [1.807, 2.05) is 6.20 Å². The largest absolute Gasteiger partial charge is 0.353 e. The fourth-order valence-corrected chi connectivity index (χ4v) is 10.1. The second-order valence-electron chi connectivity index (χ2n) is 11.9. The van der Waals surface area contributed by atoms with Crippen LogP contribution in [0.5, 0.6) is 0 Å². The molecule has 2 saturated heterocycles. The number of anilines is 1. The van der Waals surface area contributed by atoms with Crippen molar-refractivity contribution in [1.29, 1.82) is 0 Å². The predicted octanol–water partition coefficient (Wildman–Crippen LogP) is 1.76. The number of amides is 2. The van der Waals surface area contributed by atoms with Crippen LogP contribution in [0.15, 0.2) is 18.6 Å². The van der Waals surface area contributed by atoms with E-state index in [-0.39, 0.29) is 23.7 Å². The Hall–Kier alpha value is -2.02. The molecule has 3 heterocycles. The van der Waals surface area contributed by atoms with Crippen LogP contribution < -0.4 is 4.90 Å². The lowest BCUT2D eigenvalue weighted by Crippen LogP contribution is -2.49. The fourth-order valence-electron chi connectivity index (χ4n) is 10.1. The number of fused-ring (bicyclic) bond motifs is 5. The van der Waals surface area contributed by atoms with Gasteiger partial charge in [-0.2, -0.15) is 0 Å². The summed E-state index contributed by atoms with van der Waals surface area (Å²) in [4.78, 5) is 41.9. The molecule has 7 heteroatoms. The Labute approximate surface area is 194 Å². The second kappa shape index (κ2) is 6.77. The number of piperidine rings is 1. The lowest BCUT2D eigenvalue weighted by molar-refractivity contribution is -0.154. The zero-order valence-corrected chi connectivity index (χ0v) is 19.1. The van der Waals surface area contributed by atoms with Gasteiger partial charge < -0.3 is 4.90 Å². The second-order valence-corrected chi connectivity index (χ2v) is 11.9. The standard InChI is InChI=1S/C26H33N5O2/c32-25-16-12-17(24-22-15-11-14-19(20(14)22)21(15)23(16)24)26(33)31(25)6-2-1-5-29-7-9-30(10-8-29)18-13-27-3-4-28-18/h3-4,13-17,19-24H,1-2,5-12H2. The molecule has 8 fully saturated rings. The molecule has 8 atom stereocenters. The van der Waals surface area contributed by atoms with Crippen LogP contribution in [0.4, 0.5) is 5.82 Å². The minimum Gasteiger partial charge on any atom is -0.353 e. The molecule has 9 rings (SSSR count). The third-order valence-corrected chi connectivity index (χ3v) is 11.0. The van der Waals surface area contributed by atoms with Crippen molar-refractivity contribution in [2.24, 2.45) is 59.2 Å². The Morgan fingerprint density at radius 1 is 0.758 bits per heavy atom. The Morgan fingerprint density at radius 3 is 2.00 bits per heavy atom. The van der Waals surface area contributed by atoms with Crippen molar-refractivity contribution in [3.8, 4) is 0 Å². The minimum atomic E-state index is 0.171. The maximum absolute atomic E-state index is 13.4. The van der Waals surface area contributed by atoms with Crippen LogP contribution in [-0.4, -0.2) is 70.9 Å². The molecule has 7 nitrogen and oxygen atoms in total. The first-order valence-corrected chi connectivity index (χ1v) is 13.3. The number of nitrogens with zero attached hydrogens (tertiary/aromatic N) is 5. The van der Waals surface area contributed by atoms with Gasteiger partial charge in [0, 0.05) is 57.0 Å². The number of imide groups is 1. The molecule has 174 valence electrons. The summed E-state index contributed by atoms with van der Waals surface area (Å²) in [5.74, 6) is 8.20. The summed E-state index contributed by atoms with van der Waals surface area (Å²) in [5, 5.41) is 0. The third kappa shape index (κ3) is 2.50. The van der Waals surface area contributed by atoms with Crippen molar-refractivity contribution in [2.75, 3.05) is 44.2 Å². The SMILES string of the molecule is O=C1C2CC(C(=O)N1CCCCN1CCN(c3cnccn3)CC1)C1C2C2C3CC4C2C4C31. The molecule has 1 aromatic rings. The summed E-state index contributed by atoms with van der Waals surface area (Å²) >= 11 is 0. The third-order valence-electron chi connectivity index (χ3n) is 11.0. The highest BCUT2D eigenvalue weighted by molar-refractivity contribution is 6.01. The summed E-state index contributed by atoms with van der Waals surface area (Å²) in [6.45, 7) is 5.68. The number of rotatable bonds is 6. The van der Waals surface area contributed by atoms with E-state index in [1.165, 1.54) is 6.42 Å². The molecule has 0 N–H and O–H groups in total. The summed E-state index contributed by atoms with van der Waals surface area (Å²) in [5.41, 5.74) is 0. The molecule has 0 radical (unpaired) electrons. The Bertz CT molecular complexity index is 952. The van der Waals surface area contributed by atoms with Gasteiger partial charge in [-0.05, 0) is 79.6 Å². The molecule has 33 heavy (non-hydrogen) atoms. The normalized spacial score (nSPS) is 46.4. The number of hydrogen-bond donors (Lipinski definition) is 0. The van der Waals surface area contributed by atoms with Gasteiger partial charge in [-0.3, -0.25) is 24.4 Å². The first-order chi connectivity index (χ1) is 16.2. The average molecular weight is 448 g/mol. The monoisotopic (exact) mass is 447 g/mol. The van der Waals surface area contributed by atoms with Crippen LogP contribution in [-0.2, 0) is 9.59 Å². The van der Waals surface area contributed by atoms with Crippen LogP contribution >= 0.6 is 0 Å². The zero-order chi connectivity index (χ0) is 21.8. The highest BCUT2D eigenvalue weighted by Crippen LogP contribution is 2.86. The quantitative estimate of drug-likeness (QED) is 0.489. The van der Waals surface area contributed by atoms with Crippen molar-refractivity contribution in [3.05, 3.63) is 18.6 Å². The molecule has 0 aromatic carbocycles. The summed E-state index contributed by atoms with van der Waals surface area (Å²) in [7, 11) is 0. The molecular weight excluding hydrogens is 414 g/mol. The van der Waals surface area contributed by atoms with Crippen molar-refractivity contribution < 1.29 is 9.59 Å². The van der Waals surface area contributed by atoms with Gasteiger partial charge in [-0.15, -0.1) is 0 Å². The molecule has 8 unspecified atom stereocenters. The van der Waals surface area contributed by atoms with Crippen molar-refractivity contribution in [1.82, 2.24) is 19.8 Å². The number of hydrogen-bond acceptors (Lipinski definition) is 6. The summed E-state index contributed by atoms with van der Waals surface area (Å²) in [6, 6.07) is 0. The van der Waals surface area contributed by atoms with Crippen LogP contribution in [0.3, 0.4) is 0 Å². The molecule has 6 saturated carbocycles. The van der Waals surface area contributed by atoms with Crippen LogP contribution in [0.2, 0.25) is 0 Å². The van der Waals surface area contributed by atoms with Crippen LogP contribution in [0, 0.1) is 59.2 Å². The number of unbranched alkanes of at least 4 members (excludes halogenated alkanes) is 1. The number of likely N-dealkylation sites (tertiary alicyclic amines) is 1. The Morgan fingerprint density at radius 2 is 1.39 bits per heavy atom. The number of carbonyl (C=O) groups excluding carboxylic acids is 2. The lowest BCUT2D eigenvalue weighted by Gasteiger charge is -2.35. The first-order valence-electron chi connectivity index (χ1n) is 13.3. The van der Waals surface area contributed by atoms with E-state index in [0.717, 1.165) is 93.3 Å². The van der Waals surface area contributed by atoms with Gasteiger partial charge in [-0.25, -0.2) is 4.98 Å². The molecule has 6 aliphatic carbocycles. The first kappa shape index (κ1) is 19.3. The summed E-state index contributed by atoms with van der Waals surface area (Å²) in [6.07, 6.45) is 9.58. The van der Waals surface area contributed by atoms with E-state index in [9.17, 15) is 9.59 Å². The van der Waals surface area contributed by atoms with E-state index in [4.69, 9.17) is 0 Å². The van der Waals surface area contributed by atoms with Gasteiger partial charge in [0.15, 0.2) is 0 Å². The van der Waals surface area contributed by atoms with Gasteiger partial charge in [-0.1, -0.05) is 0 Å².